The van der Waals surface area contributed by atoms with Crippen molar-refractivity contribution in [3.05, 3.63) is 63.2 Å². The van der Waals surface area contributed by atoms with Gasteiger partial charge in [0.05, 0.1) is 11.5 Å². The highest BCUT2D eigenvalue weighted by atomic mass is 16.6. The second-order valence-corrected chi connectivity index (χ2v) is 7.60. The van der Waals surface area contributed by atoms with Gasteiger partial charge < -0.3 is 15.5 Å². The molecular formula is C22H27N5O4. The van der Waals surface area contributed by atoms with E-state index in [2.05, 4.69) is 10.6 Å². The van der Waals surface area contributed by atoms with Crippen LogP contribution in [0.2, 0.25) is 0 Å². The monoisotopic (exact) mass is 425 g/mol. The Morgan fingerprint density at radius 2 is 1.77 bits per heavy atom. The number of carbonyl (C=O) groups excluding carboxylic acids is 2. The molecule has 2 aromatic rings. The Balaban J connectivity index is 1.56. The van der Waals surface area contributed by atoms with Gasteiger partial charge in [-0.15, -0.1) is 0 Å². The number of benzene rings is 2. The molecule has 2 aromatic carbocycles. The maximum Gasteiger partial charge on any atom is 0.293 e. The van der Waals surface area contributed by atoms with Crippen LogP contribution in [-0.2, 0) is 4.79 Å². The number of rotatable bonds is 6. The first-order valence-corrected chi connectivity index (χ1v) is 10.1. The smallest absolute Gasteiger partial charge is 0.293 e. The first-order chi connectivity index (χ1) is 14.8. The summed E-state index contributed by atoms with van der Waals surface area (Å²) < 4.78 is 0. The maximum atomic E-state index is 12.8. The Bertz CT molecular complexity index is 999. The quantitative estimate of drug-likeness (QED) is 0.544. The Hall–Kier alpha value is -3.46. The van der Waals surface area contributed by atoms with E-state index < -0.39 is 4.92 Å². The Morgan fingerprint density at radius 1 is 1.06 bits per heavy atom. The van der Waals surface area contributed by atoms with Gasteiger partial charge in [0.1, 0.15) is 5.69 Å². The van der Waals surface area contributed by atoms with E-state index in [4.69, 9.17) is 0 Å². The van der Waals surface area contributed by atoms with Crippen molar-refractivity contribution in [2.24, 2.45) is 0 Å². The van der Waals surface area contributed by atoms with E-state index in [1.54, 1.807) is 24.1 Å². The molecular weight excluding hydrogens is 398 g/mol. The summed E-state index contributed by atoms with van der Waals surface area (Å²) in [5, 5.41) is 17.0. The summed E-state index contributed by atoms with van der Waals surface area (Å²) in [6.07, 6.45) is 0. The summed E-state index contributed by atoms with van der Waals surface area (Å²) in [4.78, 5) is 39.6. The van der Waals surface area contributed by atoms with Crippen molar-refractivity contribution in [2.75, 3.05) is 50.4 Å². The fraction of sp³-hybridized carbons (Fsp3) is 0.364. The maximum absolute atomic E-state index is 12.8. The van der Waals surface area contributed by atoms with Crippen LogP contribution in [0.5, 0.6) is 0 Å². The summed E-state index contributed by atoms with van der Waals surface area (Å²) in [6.45, 7) is 6.25. The Kier molecular flexibility index (Phi) is 6.86. The number of anilines is 2. The van der Waals surface area contributed by atoms with E-state index in [0.29, 0.717) is 31.9 Å². The van der Waals surface area contributed by atoms with Gasteiger partial charge in [-0.1, -0.05) is 12.1 Å². The number of aryl methyl sites for hydroxylation is 1. The zero-order chi connectivity index (χ0) is 22.5. The molecule has 1 heterocycles. The van der Waals surface area contributed by atoms with Gasteiger partial charge in [0.15, 0.2) is 0 Å². The van der Waals surface area contributed by atoms with Crippen molar-refractivity contribution in [3.8, 4) is 0 Å². The molecule has 1 saturated heterocycles. The van der Waals surface area contributed by atoms with Crippen LogP contribution in [0.4, 0.5) is 17.1 Å². The molecule has 0 radical (unpaired) electrons. The summed E-state index contributed by atoms with van der Waals surface area (Å²) in [5.41, 5.74) is 3.49. The number of hydrogen-bond acceptors (Lipinski definition) is 6. The minimum atomic E-state index is -0.505. The van der Waals surface area contributed by atoms with Crippen molar-refractivity contribution in [1.29, 1.82) is 0 Å². The molecule has 0 aromatic heterocycles. The average Bonchev–Trinajstić information content (AvgIpc) is 2.76. The summed E-state index contributed by atoms with van der Waals surface area (Å²) in [7, 11) is 1.60. The molecule has 0 bridgehead atoms. The normalized spacial score (nSPS) is 14.2. The molecule has 0 unspecified atom stereocenters. The molecule has 0 atom stereocenters. The lowest BCUT2D eigenvalue weighted by Gasteiger charge is -2.34. The molecule has 2 N–H and O–H groups in total. The van der Waals surface area contributed by atoms with Crippen LogP contribution in [0.3, 0.4) is 0 Å². The van der Waals surface area contributed by atoms with Gasteiger partial charge in [-0.05, 0) is 43.2 Å². The zero-order valence-corrected chi connectivity index (χ0v) is 18.0. The highest BCUT2D eigenvalue weighted by molar-refractivity contribution is 5.96. The number of carbonyl (C=O) groups is 2. The van der Waals surface area contributed by atoms with Crippen molar-refractivity contribution in [3.63, 3.8) is 0 Å². The average molecular weight is 425 g/mol. The van der Waals surface area contributed by atoms with E-state index >= 15 is 0 Å². The highest BCUT2D eigenvalue weighted by Gasteiger charge is 2.25. The van der Waals surface area contributed by atoms with Crippen molar-refractivity contribution in [1.82, 2.24) is 9.80 Å². The topological polar surface area (TPSA) is 108 Å². The van der Waals surface area contributed by atoms with Gasteiger partial charge in [-0.25, -0.2) is 0 Å². The van der Waals surface area contributed by atoms with Crippen LogP contribution in [-0.4, -0.2) is 66.3 Å². The van der Waals surface area contributed by atoms with Crippen LogP contribution < -0.4 is 10.6 Å². The minimum absolute atomic E-state index is 0.0910. The zero-order valence-electron chi connectivity index (χ0n) is 18.0. The van der Waals surface area contributed by atoms with Crippen LogP contribution in [0.1, 0.15) is 21.5 Å². The standard InChI is InChI=1S/C22H27N5O4/c1-15-5-4-6-18(16(15)2)24-21(28)14-25-9-11-26(12-10-25)22(29)17-7-8-19(23-3)20(13-17)27(30)31/h4-8,13,23H,9-12,14H2,1-3H3,(H,24,28). The third-order valence-electron chi connectivity index (χ3n) is 5.62. The summed E-state index contributed by atoms with van der Waals surface area (Å²) in [6, 6.07) is 10.2. The van der Waals surface area contributed by atoms with E-state index in [9.17, 15) is 19.7 Å². The lowest BCUT2D eigenvalue weighted by atomic mass is 10.1. The predicted molar refractivity (Wildman–Crippen MR) is 120 cm³/mol. The lowest BCUT2D eigenvalue weighted by Crippen LogP contribution is -2.50. The molecule has 0 spiro atoms. The molecule has 0 aliphatic carbocycles. The van der Waals surface area contributed by atoms with E-state index in [0.717, 1.165) is 16.8 Å². The fourth-order valence-electron chi connectivity index (χ4n) is 3.60. The van der Waals surface area contributed by atoms with Crippen molar-refractivity contribution in [2.45, 2.75) is 13.8 Å². The van der Waals surface area contributed by atoms with Gasteiger partial charge in [-0.2, -0.15) is 0 Å². The lowest BCUT2D eigenvalue weighted by molar-refractivity contribution is -0.384. The van der Waals surface area contributed by atoms with E-state index in [-0.39, 0.29) is 29.6 Å². The molecule has 31 heavy (non-hydrogen) atoms. The Labute approximate surface area is 181 Å². The van der Waals surface area contributed by atoms with Crippen molar-refractivity contribution >= 4 is 28.9 Å². The van der Waals surface area contributed by atoms with Crippen LogP contribution in [0.15, 0.2) is 36.4 Å². The predicted octanol–water partition coefficient (Wildman–Crippen LogP) is 2.65. The number of nitrogens with zero attached hydrogens (tertiary/aromatic N) is 3. The fourth-order valence-corrected chi connectivity index (χ4v) is 3.60. The third-order valence-corrected chi connectivity index (χ3v) is 5.62. The molecule has 9 nitrogen and oxygen atoms in total. The van der Waals surface area contributed by atoms with Gasteiger partial charge >= 0.3 is 0 Å². The number of nitro benzene ring substituents is 1. The highest BCUT2D eigenvalue weighted by Crippen LogP contribution is 2.26. The SMILES string of the molecule is CNc1ccc(C(=O)N2CCN(CC(=O)Nc3cccc(C)c3C)CC2)cc1[N+](=O)[O-]. The van der Waals surface area contributed by atoms with Gasteiger partial charge in [0, 0.05) is 50.5 Å². The Morgan fingerprint density at radius 3 is 2.42 bits per heavy atom. The molecule has 0 saturated carbocycles. The molecule has 2 amide bonds. The molecule has 1 aliphatic rings. The second kappa shape index (κ2) is 9.57. The first-order valence-electron chi connectivity index (χ1n) is 10.1. The first kappa shape index (κ1) is 22.2. The van der Waals surface area contributed by atoms with Gasteiger partial charge in [0.2, 0.25) is 5.91 Å². The number of hydrogen-bond donors (Lipinski definition) is 2. The molecule has 9 heteroatoms. The number of piperazine rings is 1. The largest absolute Gasteiger partial charge is 0.383 e. The number of nitrogens with one attached hydrogen (secondary N) is 2. The minimum Gasteiger partial charge on any atom is -0.383 e. The van der Waals surface area contributed by atoms with Gasteiger partial charge in [-0.3, -0.25) is 24.6 Å². The van der Waals surface area contributed by atoms with Crippen molar-refractivity contribution < 1.29 is 14.5 Å². The van der Waals surface area contributed by atoms with Crippen LogP contribution in [0.25, 0.3) is 0 Å². The van der Waals surface area contributed by atoms with E-state index in [1.807, 2.05) is 36.9 Å². The molecule has 1 aliphatic heterocycles. The summed E-state index contributed by atoms with van der Waals surface area (Å²) >= 11 is 0. The molecule has 164 valence electrons. The van der Waals surface area contributed by atoms with E-state index in [1.165, 1.54) is 6.07 Å². The third kappa shape index (κ3) is 5.18. The van der Waals surface area contributed by atoms with Crippen LogP contribution in [0, 0.1) is 24.0 Å². The molecule has 1 fully saturated rings. The molecule has 3 rings (SSSR count). The number of nitro groups is 1. The second-order valence-electron chi connectivity index (χ2n) is 7.60. The number of amides is 2. The van der Waals surface area contributed by atoms with Crippen LogP contribution >= 0.6 is 0 Å². The van der Waals surface area contributed by atoms with Gasteiger partial charge in [0.25, 0.3) is 11.6 Å². The summed E-state index contributed by atoms with van der Waals surface area (Å²) in [5.74, 6) is -0.336.